The Balaban J connectivity index is 1.74. The smallest absolute Gasteiger partial charge is 0.232 e. The average Bonchev–Trinajstić information content (AvgIpc) is 2.63. The van der Waals surface area contributed by atoms with Crippen molar-refractivity contribution >= 4 is 45.0 Å². The first-order valence-electron chi connectivity index (χ1n) is 8.95. The van der Waals surface area contributed by atoms with Crippen LogP contribution in [0.2, 0.25) is 5.02 Å². The van der Waals surface area contributed by atoms with Crippen molar-refractivity contribution in [2.24, 2.45) is 0 Å². The predicted molar refractivity (Wildman–Crippen MR) is 118 cm³/mol. The first kappa shape index (κ1) is 22.6. The van der Waals surface area contributed by atoms with Gasteiger partial charge in [0.2, 0.25) is 15.9 Å². The molecule has 0 unspecified atom stereocenters. The van der Waals surface area contributed by atoms with Gasteiger partial charge in [-0.2, -0.15) is 0 Å². The Hall–Kier alpha value is -1.70. The van der Waals surface area contributed by atoms with E-state index in [4.69, 9.17) is 11.6 Å². The van der Waals surface area contributed by atoms with Gasteiger partial charge in [0, 0.05) is 35.2 Å². The van der Waals surface area contributed by atoms with E-state index in [0.29, 0.717) is 23.7 Å². The number of hydrogen-bond donors (Lipinski definition) is 1. The highest BCUT2D eigenvalue weighted by Gasteiger charge is 2.17. The molecule has 2 rings (SSSR count). The lowest BCUT2D eigenvalue weighted by Gasteiger charge is -2.22. The Labute approximate surface area is 176 Å². The SMILES string of the molecule is Cc1ccc(SCCNC(=O)CCCN(c2cccc(Cl)c2)S(C)(=O)=O)cc1. The van der Waals surface area contributed by atoms with Gasteiger partial charge in [0.15, 0.2) is 0 Å². The van der Waals surface area contributed by atoms with E-state index in [2.05, 4.69) is 29.6 Å². The summed E-state index contributed by atoms with van der Waals surface area (Å²) in [7, 11) is -3.45. The lowest BCUT2D eigenvalue weighted by Crippen LogP contribution is -2.32. The molecule has 0 heterocycles. The number of anilines is 1. The normalized spacial score (nSPS) is 11.2. The quantitative estimate of drug-likeness (QED) is 0.446. The zero-order valence-corrected chi connectivity index (χ0v) is 18.4. The van der Waals surface area contributed by atoms with Crippen molar-refractivity contribution in [2.75, 3.05) is 29.4 Å². The van der Waals surface area contributed by atoms with Crippen LogP contribution in [0, 0.1) is 6.92 Å². The van der Waals surface area contributed by atoms with Gasteiger partial charge in [0.05, 0.1) is 11.9 Å². The largest absolute Gasteiger partial charge is 0.355 e. The van der Waals surface area contributed by atoms with Gasteiger partial charge in [-0.05, 0) is 43.7 Å². The summed E-state index contributed by atoms with van der Waals surface area (Å²) in [5, 5.41) is 3.34. The third kappa shape index (κ3) is 7.73. The number of nitrogens with zero attached hydrogens (tertiary/aromatic N) is 1. The molecular formula is C20H25ClN2O3S2. The number of thioether (sulfide) groups is 1. The molecule has 2 aromatic rings. The molecule has 1 amide bonds. The van der Waals surface area contributed by atoms with Crippen LogP contribution < -0.4 is 9.62 Å². The molecule has 0 atom stereocenters. The number of benzene rings is 2. The second-order valence-electron chi connectivity index (χ2n) is 6.43. The molecule has 1 N–H and O–H groups in total. The van der Waals surface area contributed by atoms with Crippen molar-refractivity contribution in [2.45, 2.75) is 24.7 Å². The van der Waals surface area contributed by atoms with Crippen molar-refractivity contribution in [1.82, 2.24) is 5.32 Å². The van der Waals surface area contributed by atoms with Crippen LogP contribution >= 0.6 is 23.4 Å². The van der Waals surface area contributed by atoms with Gasteiger partial charge in [0.25, 0.3) is 0 Å². The van der Waals surface area contributed by atoms with E-state index in [1.807, 2.05) is 6.92 Å². The monoisotopic (exact) mass is 440 g/mol. The third-order valence-corrected chi connectivity index (χ3v) is 6.42. The molecule has 0 fully saturated rings. The lowest BCUT2D eigenvalue weighted by molar-refractivity contribution is -0.121. The second kappa shape index (κ2) is 10.7. The Morgan fingerprint density at radius 2 is 1.89 bits per heavy atom. The standard InChI is InChI=1S/C20H25ClN2O3S2/c1-16-8-10-19(11-9-16)27-14-12-22-20(24)7-4-13-23(28(2,25)26)18-6-3-5-17(21)15-18/h3,5-6,8-11,15H,4,7,12-14H2,1-2H3,(H,22,24). The zero-order valence-electron chi connectivity index (χ0n) is 16.0. The minimum Gasteiger partial charge on any atom is -0.355 e. The molecule has 152 valence electrons. The van der Waals surface area contributed by atoms with Gasteiger partial charge < -0.3 is 5.32 Å². The van der Waals surface area contributed by atoms with Crippen LogP contribution in [0.3, 0.4) is 0 Å². The average molecular weight is 441 g/mol. The Morgan fingerprint density at radius 1 is 1.18 bits per heavy atom. The first-order chi connectivity index (χ1) is 13.3. The van der Waals surface area contributed by atoms with Crippen molar-refractivity contribution in [3.05, 3.63) is 59.1 Å². The number of sulfonamides is 1. The maximum absolute atomic E-state index is 12.1. The maximum Gasteiger partial charge on any atom is 0.232 e. The topological polar surface area (TPSA) is 66.5 Å². The molecule has 5 nitrogen and oxygen atoms in total. The Kier molecular flexibility index (Phi) is 8.66. The van der Waals surface area contributed by atoms with Gasteiger partial charge in [-0.25, -0.2) is 8.42 Å². The Morgan fingerprint density at radius 3 is 2.54 bits per heavy atom. The first-order valence-corrected chi connectivity index (χ1v) is 12.2. The number of nitrogens with one attached hydrogen (secondary N) is 1. The molecule has 0 saturated carbocycles. The summed E-state index contributed by atoms with van der Waals surface area (Å²) in [6.45, 7) is 2.85. The van der Waals surface area contributed by atoms with Gasteiger partial charge in [-0.15, -0.1) is 11.8 Å². The number of amides is 1. The summed E-state index contributed by atoms with van der Waals surface area (Å²) < 4.78 is 25.4. The van der Waals surface area contributed by atoms with E-state index >= 15 is 0 Å². The number of rotatable bonds is 10. The van der Waals surface area contributed by atoms with Crippen LogP contribution in [-0.2, 0) is 14.8 Å². The number of carbonyl (C=O) groups excluding carboxylic acids is 1. The van der Waals surface area contributed by atoms with Crippen LogP contribution in [0.25, 0.3) is 0 Å². The minimum atomic E-state index is -3.45. The second-order valence-corrected chi connectivity index (χ2v) is 9.94. The molecule has 0 aliphatic rings. The van der Waals surface area contributed by atoms with Crippen molar-refractivity contribution in [1.29, 1.82) is 0 Å². The van der Waals surface area contributed by atoms with Gasteiger partial charge in [-0.3, -0.25) is 9.10 Å². The van der Waals surface area contributed by atoms with Gasteiger partial charge >= 0.3 is 0 Å². The molecule has 8 heteroatoms. The number of carbonyl (C=O) groups is 1. The number of hydrogen-bond acceptors (Lipinski definition) is 4. The molecule has 0 aromatic heterocycles. The van der Waals surface area contributed by atoms with E-state index in [1.54, 1.807) is 36.0 Å². The van der Waals surface area contributed by atoms with Crippen LogP contribution in [-0.4, -0.2) is 39.4 Å². The summed E-state index contributed by atoms with van der Waals surface area (Å²) in [5.74, 6) is 0.705. The number of aryl methyl sites for hydroxylation is 1. The highest BCUT2D eigenvalue weighted by molar-refractivity contribution is 7.99. The summed E-state index contributed by atoms with van der Waals surface area (Å²) in [6.07, 6.45) is 1.84. The van der Waals surface area contributed by atoms with Crippen molar-refractivity contribution < 1.29 is 13.2 Å². The third-order valence-electron chi connectivity index (χ3n) is 3.98. The van der Waals surface area contributed by atoms with E-state index < -0.39 is 10.0 Å². The minimum absolute atomic E-state index is 0.0796. The molecule has 0 bridgehead atoms. The van der Waals surface area contributed by atoms with Crippen molar-refractivity contribution in [3.63, 3.8) is 0 Å². The summed E-state index contributed by atoms with van der Waals surface area (Å²) >= 11 is 7.65. The summed E-state index contributed by atoms with van der Waals surface area (Å²) in [5.41, 5.74) is 1.73. The van der Waals surface area contributed by atoms with E-state index in [-0.39, 0.29) is 18.9 Å². The van der Waals surface area contributed by atoms with Gasteiger partial charge in [-0.1, -0.05) is 35.4 Å². The van der Waals surface area contributed by atoms with Crippen LogP contribution in [0.4, 0.5) is 5.69 Å². The molecule has 0 saturated heterocycles. The fraction of sp³-hybridized carbons (Fsp3) is 0.350. The van der Waals surface area contributed by atoms with Crippen molar-refractivity contribution in [3.8, 4) is 0 Å². The molecule has 0 aliphatic carbocycles. The fourth-order valence-corrected chi connectivity index (χ4v) is 4.49. The molecule has 0 radical (unpaired) electrons. The van der Waals surface area contributed by atoms with E-state index in [0.717, 1.165) is 12.0 Å². The molecular weight excluding hydrogens is 416 g/mol. The molecule has 0 aliphatic heterocycles. The fourth-order valence-electron chi connectivity index (χ4n) is 2.58. The highest BCUT2D eigenvalue weighted by atomic mass is 35.5. The summed E-state index contributed by atoms with van der Waals surface area (Å²) in [6, 6.07) is 14.9. The van der Waals surface area contributed by atoms with Crippen LogP contribution in [0.5, 0.6) is 0 Å². The number of halogens is 1. The van der Waals surface area contributed by atoms with E-state index in [1.165, 1.54) is 14.8 Å². The molecule has 0 spiro atoms. The van der Waals surface area contributed by atoms with Gasteiger partial charge in [0.1, 0.15) is 0 Å². The Bertz CT molecular complexity index is 887. The molecule has 2 aromatic carbocycles. The summed E-state index contributed by atoms with van der Waals surface area (Å²) in [4.78, 5) is 13.2. The lowest BCUT2D eigenvalue weighted by atomic mass is 10.2. The van der Waals surface area contributed by atoms with E-state index in [9.17, 15) is 13.2 Å². The van der Waals surface area contributed by atoms with Crippen LogP contribution in [0.1, 0.15) is 18.4 Å². The predicted octanol–water partition coefficient (Wildman–Crippen LogP) is 4.10. The highest BCUT2D eigenvalue weighted by Crippen LogP contribution is 2.22. The van der Waals surface area contributed by atoms with Crippen LogP contribution in [0.15, 0.2) is 53.4 Å². The molecule has 28 heavy (non-hydrogen) atoms. The zero-order chi connectivity index (χ0) is 20.6. The maximum atomic E-state index is 12.1.